The van der Waals surface area contributed by atoms with Crippen molar-refractivity contribution in [2.24, 2.45) is 0 Å². The van der Waals surface area contributed by atoms with E-state index < -0.39 is 0 Å². The molecule has 0 bridgehead atoms. The van der Waals surface area contributed by atoms with E-state index >= 15 is 0 Å². The van der Waals surface area contributed by atoms with Crippen LogP contribution in [0.3, 0.4) is 0 Å². The lowest BCUT2D eigenvalue weighted by molar-refractivity contribution is -0.119. The van der Waals surface area contributed by atoms with Crippen LogP contribution in [0.5, 0.6) is 0 Å². The Morgan fingerprint density at radius 2 is 1.80 bits per heavy atom. The Morgan fingerprint density at radius 3 is 2.52 bits per heavy atom. The fourth-order valence-electron chi connectivity index (χ4n) is 2.36. The van der Waals surface area contributed by atoms with Crippen LogP contribution in [0.25, 0.3) is 0 Å². The average molecular weight is 360 g/mol. The molecule has 0 atom stereocenters. The molecule has 0 aliphatic heterocycles. The minimum absolute atomic E-state index is 0.109. The molecule has 0 spiro atoms. The number of amides is 2. The maximum Gasteiger partial charge on any atom is 0.239 e. The number of halogens is 1. The van der Waals surface area contributed by atoms with E-state index in [4.69, 9.17) is 11.6 Å². The molecule has 0 aromatic heterocycles. The summed E-state index contributed by atoms with van der Waals surface area (Å²) in [5.41, 5.74) is 2.46. The van der Waals surface area contributed by atoms with Gasteiger partial charge in [0, 0.05) is 18.5 Å². The molecular formula is C19H22ClN3O2. The van der Waals surface area contributed by atoms with E-state index in [-0.39, 0.29) is 18.4 Å². The summed E-state index contributed by atoms with van der Waals surface area (Å²) in [5.74, 6) is -0.294. The molecule has 2 aromatic carbocycles. The highest BCUT2D eigenvalue weighted by atomic mass is 35.5. The second-order valence-electron chi connectivity index (χ2n) is 5.66. The van der Waals surface area contributed by atoms with Crippen molar-refractivity contribution >= 4 is 34.8 Å². The number of benzene rings is 2. The number of hydrogen-bond acceptors (Lipinski definition) is 3. The highest BCUT2D eigenvalue weighted by molar-refractivity contribution is 6.31. The van der Waals surface area contributed by atoms with Crippen molar-refractivity contribution in [1.29, 1.82) is 0 Å². The lowest BCUT2D eigenvalue weighted by atomic mass is 10.1. The van der Waals surface area contributed by atoms with Gasteiger partial charge in [0.05, 0.1) is 17.9 Å². The van der Waals surface area contributed by atoms with E-state index in [0.717, 1.165) is 12.8 Å². The maximum atomic E-state index is 12.0. The molecule has 2 aromatic rings. The summed E-state index contributed by atoms with van der Waals surface area (Å²) in [6.45, 7) is 2.15. The van der Waals surface area contributed by atoms with Crippen molar-refractivity contribution in [3.05, 3.63) is 59.1 Å². The van der Waals surface area contributed by atoms with Crippen molar-refractivity contribution in [2.75, 3.05) is 23.7 Å². The lowest BCUT2D eigenvalue weighted by Crippen LogP contribution is -2.31. The Hall–Kier alpha value is -2.53. The molecule has 6 heteroatoms. The van der Waals surface area contributed by atoms with Crippen LogP contribution in [0.1, 0.15) is 18.9 Å². The van der Waals surface area contributed by atoms with Crippen LogP contribution < -0.4 is 16.0 Å². The van der Waals surface area contributed by atoms with Gasteiger partial charge in [0.15, 0.2) is 0 Å². The van der Waals surface area contributed by atoms with E-state index in [2.05, 4.69) is 28.1 Å². The summed E-state index contributed by atoms with van der Waals surface area (Å²) in [5, 5.41) is 9.11. The fraction of sp³-hybridized carbons (Fsp3) is 0.263. The Morgan fingerprint density at radius 1 is 1.04 bits per heavy atom. The topological polar surface area (TPSA) is 70.2 Å². The molecule has 2 amide bonds. The van der Waals surface area contributed by atoms with E-state index in [1.807, 2.05) is 18.2 Å². The fourth-order valence-corrected chi connectivity index (χ4v) is 2.54. The van der Waals surface area contributed by atoms with Crippen molar-refractivity contribution in [1.82, 2.24) is 5.32 Å². The molecule has 5 nitrogen and oxygen atoms in total. The first-order valence-corrected chi connectivity index (χ1v) is 8.54. The predicted molar refractivity (Wildman–Crippen MR) is 102 cm³/mol. The van der Waals surface area contributed by atoms with Crippen LogP contribution in [0, 0.1) is 0 Å². The predicted octanol–water partition coefficient (Wildman–Crippen LogP) is 3.46. The molecule has 25 heavy (non-hydrogen) atoms. The largest absolute Gasteiger partial charge is 0.374 e. The highest BCUT2D eigenvalue weighted by Crippen LogP contribution is 2.25. The Balaban J connectivity index is 1.76. The second kappa shape index (κ2) is 9.69. The molecular weight excluding hydrogens is 338 g/mol. The van der Waals surface area contributed by atoms with Gasteiger partial charge in [0.1, 0.15) is 0 Å². The molecule has 0 saturated heterocycles. The third-order valence-corrected chi connectivity index (χ3v) is 3.77. The molecule has 0 aliphatic carbocycles. The first-order chi connectivity index (χ1) is 12.0. The van der Waals surface area contributed by atoms with Gasteiger partial charge in [-0.3, -0.25) is 9.59 Å². The highest BCUT2D eigenvalue weighted by Gasteiger charge is 2.07. The number of hydrogen-bond donors (Lipinski definition) is 3. The molecule has 0 heterocycles. The maximum absolute atomic E-state index is 12.0. The van der Waals surface area contributed by atoms with Crippen molar-refractivity contribution in [2.45, 2.75) is 19.8 Å². The minimum Gasteiger partial charge on any atom is -0.374 e. The van der Waals surface area contributed by atoms with Gasteiger partial charge in [0.25, 0.3) is 0 Å². The molecule has 2 rings (SSSR count). The SMILES string of the molecule is CC(=O)Nc1ccc(Cl)cc1NCC(=O)NCCCc1ccccc1. The molecule has 0 aliphatic rings. The third-order valence-electron chi connectivity index (χ3n) is 3.54. The summed E-state index contributed by atoms with van der Waals surface area (Å²) in [6, 6.07) is 15.2. The Bertz CT molecular complexity index is 720. The first-order valence-electron chi connectivity index (χ1n) is 8.16. The van der Waals surface area contributed by atoms with Crippen LogP contribution in [0.2, 0.25) is 5.02 Å². The molecule has 3 N–H and O–H groups in total. The summed E-state index contributed by atoms with van der Waals surface area (Å²) in [4.78, 5) is 23.2. The summed E-state index contributed by atoms with van der Waals surface area (Å²) < 4.78 is 0. The number of anilines is 2. The molecule has 0 fully saturated rings. The monoisotopic (exact) mass is 359 g/mol. The number of carbonyl (C=O) groups excluding carboxylic acids is 2. The standard InChI is InChI=1S/C19H22ClN3O2/c1-14(24)23-17-10-9-16(20)12-18(17)22-13-19(25)21-11-5-8-15-6-3-2-4-7-15/h2-4,6-7,9-10,12,22H,5,8,11,13H2,1H3,(H,21,25)(H,23,24). The van der Waals surface area contributed by atoms with Gasteiger partial charge < -0.3 is 16.0 Å². The van der Waals surface area contributed by atoms with E-state index in [0.29, 0.717) is 22.9 Å². The van der Waals surface area contributed by atoms with Gasteiger partial charge >= 0.3 is 0 Å². The summed E-state index contributed by atoms with van der Waals surface area (Å²) in [6.07, 6.45) is 1.81. The molecule has 132 valence electrons. The normalized spacial score (nSPS) is 10.2. The second-order valence-corrected chi connectivity index (χ2v) is 6.10. The molecule has 0 radical (unpaired) electrons. The van der Waals surface area contributed by atoms with Gasteiger partial charge in [-0.05, 0) is 36.6 Å². The van der Waals surface area contributed by atoms with Gasteiger partial charge in [-0.15, -0.1) is 0 Å². The van der Waals surface area contributed by atoms with Gasteiger partial charge in [0.2, 0.25) is 11.8 Å². The van der Waals surface area contributed by atoms with Crippen LogP contribution in [-0.2, 0) is 16.0 Å². The summed E-state index contributed by atoms with van der Waals surface area (Å²) in [7, 11) is 0. The number of aryl methyl sites for hydroxylation is 1. The zero-order chi connectivity index (χ0) is 18.1. The zero-order valence-electron chi connectivity index (χ0n) is 14.1. The van der Waals surface area contributed by atoms with Crippen molar-refractivity contribution < 1.29 is 9.59 Å². The van der Waals surface area contributed by atoms with Crippen LogP contribution in [-0.4, -0.2) is 24.9 Å². The van der Waals surface area contributed by atoms with Crippen LogP contribution in [0.4, 0.5) is 11.4 Å². The number of carbonyl (C=O) groups is 2. The quantitative estimate of drug-likeness (QED) is 0.632. The van der Waals surface area contributed by atoms with Gasteiger partial charge in [-0.1, -0.05) is 41.9 Å². The lowest BCUT2D eigenvalue weighted by Gasteiger charge is -2.13. The third kappa shape index (κ3) is 6.85. The first kappa shape index (κ1) is 18.8. The zero-order valence-corrected chi connectivity index (χ0v) is 14.9. The smallest absolute Gasteiger partial charge is 0.239 e. The Labute approximate surface area is 152 Å². The molecule has 0 saturated carbocycles. The minimum atomic E-state index is -0.185. The average Bonchev–Trinajstić information content (AvgIpc) is 2.59. The number of rotatable bonds is 8. The van der Waals surface area contributed by atoms with E-state index in [1.165, 1.54) is 12.5 Å². The molecule has 0 unspecified atom stereocenters. The van der Waals surface area contributed by atoms with Crippen LogP contribution in [0.15, 0.2) is 48.5 Å². The summed E-state index contributed by atoms with van der Waals surface area (Å²) >= 11 is 5.98. The van der Waals surface area contributed by atoms with Gasteiger partial charge in [-0.25, -0.2) is 0 Å². The number of nitrogens with one attached hydrogen (secondary N) is 3. The Kier molecular flexibility index (Phi) is 7.29. The van der Waals surface area contributed by atoms with E-state index in [1.54, 1.807) is 18.2 Å². The van der Waals surface area contributed by atoms with Gasteiger partial charge in [-0.2, -0.15) is 0 Å². The van der Waals surface area contributed by atoms with E-state index in [9.17, 15) is 9.59 Å². The van der Waals surface area contributed by atoms with Crippen molar-refractivity contribution in [3.63, 3.8) is 0 Å². The van der Waals surface area contributed by atoms with Crippen LogP contribution >= 0.6 is 11.6 Å². The van der Waals surface area contributed by atoms with Crippen molar-refractivity contribution in [3.8, 4) is 0 Å².